The summed E-state index contributed by atoms with van der Waals surface area (Å²) >= 11 is 5.80. The van der Waals surface area contributed by atoms with Crippen LogP contribution >= 0.6 is 11.6 Å². The second-order valence-electron chi connectivity index (χ2n) is 3.85. The molecule has 0 aliphatic heterocycles. The highest BCUT2D eigenvalue weighted by molar-refractivity contribution is 6.33. The van der Waals surface area contributed by atoms with Crippen LogP contribution in [0.5, 0.6) is 5.75 Å². The van der Waals surface area contributed by atoms with E-state index in [1.165, 1.54) is 31.4 Å². The van der Waals surface area contributed by atoms with Crippen LogP contribution < -0.4 is 4.74 Å². The van der Waals surface area contributed by atoms with Crippen molar-refractivity contribution in [2.24, 2.45) is 0 Å². The number of carbonyl (C=O) groups is 1. The molecule has 0 atom stereocenters. The van der Waals surface area contributed by atoms with Gasteiger partial charge >= 0.3 is 5.97 Å². The molecule has 5 heteroatoms. The number of aromatic carboxylic acids is 1. The molecule has 0 heterocycles. The summed E-state index contributed by atoms with van der Waals surface area (Å²) in [5.74, 6) is -1.48. The molecule has 3 nitrogen and oxygen atoms in total. The number of methoxy groups -OCH3 is 1. The van der Waals surface area contributed by atoms with Crippen LogP contribution in [0.2, 0.25) is 5.02 Å². The number of ether oxygens (including phenoxy) is 1. The Bertz CT molecular complexity index is 641. The molecule has 19 heavy (non-hydrogen) atoms. The van der Waals surface area contributed by atoms with E-state index in [-0.39, 0.29) is 16.3 Å². The molecular weight excluding hydrogens is 271 g/mol. The Morgan fingerprint density at radius 1 is 1.21 bits per heavy atom. The molecule has 0 aliphatic rings. The van der Waals surface area contributed by atoms with Crippen molar-refractivity contribution in [1.29, 1.82) is 0 Å². The summed E-state index contributed by atoms with van der Waals surface area (Å²) in [5, 5.41) is 9.17. The molecule has 2 aromatic rings. The summed E-state index contributed by atoms with van der Waals surface area (Å²) in [6.07, 6.45) is 0. The third-order valence-electron chi connectivity index (χ3n) is 2.68. The lowest BCUT2D eigenvalue weighted by molar-refractivity contribution is 0.0697. The largest absolute Gasteiger partial charge is 0.494 e. The lowest BCUT2D eigenvalue weighted by Gasteiger charge is -2.07. The quantitative estimate of drug-likeness (QED) is 0.929. The van der Waals surface area contributed by atoms with Crippen LogP contribution in [-0.4, -0.2) is 18.2 Å². The third-order valence-corrected chi connectivity index (χ3v) is 3.01. The maximum atomic E-state index is 13.3. The number of rotatable bonds is 3. The van der Waals surface area contributed by atoms with E-state index in [0.29, 0.717) is 11.1 Å². The van der Waals surface area contributed by atoms with Crippen molar-refractivity contribution in [1.82, 2.24) is 0 Å². The van der Waals surface area contributed by atoms with Gasteiger partial charge in [-0.15, -0.1) is 0 Å². The van der Waals surface area contributed by atoms with Crippen LogP contribution in [0.4, 0.5) is 4.39 Å². The van der Waals surface area contributed by atoms with Gasteiger partial charge in [0.25, 0.3) is 0 Å². The standard InChI is InChI=1S/C14H10ClFO3/c1-19-13-7-9(3-5-12(13)16)8-2-4-11(15)10(6-8)14(17)18/h2-7H,1H3,(H,17,18). The van der Waals surface area contributed by atoms with Gasteiger partial charge < -0.3 is 9.84 Å². The van der Waals surface area contributed by atoms with Crippen molar-refractivity contribution in [3.05, 3.63) is 52.8 Å². The molecule has 0 amide bonds. The molecule has 98 valence electrons. The Kier molecular flexibility index (Phi) is 3.71. The summed E-state index contributed by atoms with van der Waals surface area (Å²) in [6, 6.07) is 8.93. The first-order valence-corrected chi connectivity index (χ1v) is 5.77. The van der Waals surface area contributed by atoms with E-state index in [4.69, 9.17) is 21.4 Å². The van der Waals surface area contributed by atoms with Crippen molar-refractivity contribution >= 4 is 17.6 Å². The van der Waals surface area contributed by atoms with E-state index in [2.05, 4.69) is 0 Å². The Morgan fingerprint density at radius 2 is 1.84 bits per heavy atom. The van der Waals surface area contributed by atoms with Crippen molar-refractivity contribution in [3.63, 3.8) is 0 Å². The van der Waals surface area contributed by atoms with E-state index in [1.807, 2.05) is 0 Å². The number of carboxylic acids is 1. The molecule has 0 radical (unpaired) electrons. The summed E-state index contributed by atoms with van der Waals surface area (Å²) < 4.78 is 18.2. The zero-order chi connectivity index (χ0) is 14.0. The summed E-state index contributed by atoms with van der Waals surface area (Å²) in [6.45, 7) is 0. The molecule has 2 rings (SSSR count). The number of benzene rings is 2. The minimum absolute atomic E-state index is 0.00228. The fourth-order valence-corrected chi connectivity index (χ4v) is 1.91. The topological polar surface area (TPSA) is 46.5 Å². The highest BCUT2D eigenvalue weighted by Gasteiger charge is 2.11. The predicted molar refractivity (Wildman–Crippen MR) is 70.4 cm³/mol. The van der Waals surface area contributed by atoms with Gasteiger partial charge in [-0.3, -0.25) is 0 Å². The molecule has 0 aliphatic carbocycles. The van der Waals surface area contributed by atoms with E-state index in [9.17, 15) is 9.18 Å². The van der Waals surface area contributed by atoms with Crippen LogP contribution in [0.25, 0.3) is 11.1 Å². The Labute approximate surface area is 114 Å². The molecule has 2 aromatic carbocycles. The molecule has 0 saturated heterocycles. The van der Waals surface area contributed by atoms with Gasteiger partial charge in [-0.25, -0.2) is 9.18 Å². The zero-order valence-electron chi connectivity index (χ0n) is 9.98. The fourth-order valence-electron chi connectivity index (χ4n) is 1.71. The first kappa shape index (κ1) is 13.4. The lowest BCUT2D eigenvalue weighted by atomic mass is 10.0. The summed E-state index contributed by atoms with van der Waals surface area (Å²) in [4.78, 5) is 11.0. The van der Waals surface area contributed by atoms with Gasteiger partial charge in [0, 0.05) is 0 Å². The van der Waals surface area contributed by atoms with Gasteiger partial charge in [0.2, 0.25) is 0 Å². The maximum absolute atomic E-state index is 13.3. The molecular formula is C14H10ClFO3. The normalized spacial score (nSPS) is 10.3. The molecule has 0 spiro atoms. The van der Waals surface area contributed by atoms with Gasteiger partial charge in [0.1, 0.15) is 0 Å². The minimum atomic E-state index is -1.11. The Morgan fingerprint density at radius 3 is 2.47 bits per heavy atom. The van der Waals surface area contributed by atoms with Crippen molar-refractivity contribution in [2.75, 3.05) is 7.11 Å². The minimum Gasteiger partial charge on any atom is -0.494 e. The van der Waals surface area contributed by atoms with E-state index >= 15 is 0 Å². The van der Waals surface area contributed by atoms with Gasteiger partial charge in [0.05, 0.1) is 17.7 Å². The second kappa shape index (κ2) is 5.28. The average molecular weight is 281 g/mol. The lowest BCUT2D eigenvalue weighted by Crippen LogP contribution is -1.97. The van der Waals surface area contributed by atoms with Gasteiger partial charge in [-0.05, 0) is 35.4 Å². The van der Waals surface area contributed by atoms with E-state index in [1.54, 1.807) is 12.1 Å². The highest BCUT2D eigenvalue weighted by atomic mass is 35.5. The Hall–Kier alpha value is -2.07. The number of halogens is 2. The zero-order valence-corrected chi connectivity index (χ0v) is 10.7. The van der Waals surface area contributed by atoms with E-state index in [0.717, 1.165) is 0 Å². The van der Waals surface area contributed by atoms with Gasteiger partial charge in [0.15, 0.2) is 11.6 Å². The fraction of sp³-hybridized carbons (Fsp3) is 0.0714. The summed E-state index contributed by atoms with van der Waals surface area (Å²) in [7, 11) is 1.37. The second-order valence-corrected chi connectivity index (χ2v) is 4.26. The maximum Gasteiger partial charge on any atom is 0.337 e. The molecule has 0 bridgehead atoms. The smallest absolute Gasteiger partial charge is 0.337 e. The van der Waals surface area contributed by atoms with Crippen molar-refractivity contribution in [3.8, 4) is 16.9 Å². The number of carboxylic acid groups (broad SMARTS) is 1. The Balaban J connectivity index is 2.53. The van der Waals surface area contributed by atoms with Crippen molar-refractivity contribution in [2.45, 2.75) is 0 Å². The van der Waals surface area contributed by atoms with Gasteiger partial charge in [-0.2, -0.15) is 0 Å². The molecule has 0 unspecified atom stereocenters. The van der Waals surface area contributed by atoms with Crippen LogP contribution in [0, 0.1) is 5.82 Å². The number of hydrogen-bond acceptors (Lipinski definition) is 2. The monoisotopic (exact) mass is 280 g/mol. The van der Waals surface area contributed by atoms with Crippen LogP contribution in [0.1, 0.15) is 10.4 Å². The SMILES string of the molecule is COc1cc(-c2ccc(Cl)c(C(=O)O)c2)ccc1F. The van der Waals surface area contributed by atoms with Crippen LogP contribution in [0.3, 0.4) is 0 Å². The molecule has 1 N–H and O–H groups in total. The van der Waals surface area contributed by atoms with E-state index < -0.39 is 11.8 Å². The average Bonchev–Trinajstić information content (AvgIpc) is 2.39. The molecule has 0 aromatic heterocycles. The summed E-state index contributed by atoms with van der Waals surface area (Å²) in [5.41, 5.74) is 1.28. The third kappa shape index (κ3) is 2.69. The number of hydrogen-bond donors (Lipinski definition) is 1. The van der Waals surface area contributed by atoms with Crippen molar-refractivity contribution < 1.29 is 19.0 Å². The first-order chi connectivity index (χ1) is 9.02. The van der Waals surface area contributed by atoms with Crippen LogP contribution in [0.15, 0.2) is 36.4 Å². The molecule has 0 fully saturated rings. The van der Waals surface area contributed by atoms with Crippen LogP contribution in [-0.2, 0) is 0 Å². The highest BCUT2D eigenvalue weighted by Crippen LogP contribution is 2.29. The molecule has 0 saturated carbocycles. The first-order valence-electron chi connectivity index (χ1n) is 5.39. The predicted octanol–water partition coefficient (Wildman–Crippen LogP) is 3.85. The van der Waals surface area contributed by atoms with Gasteiger partial charge in [-0.1, -0.05) is 23.7 Å².